The number of carbonyl (C=O) groups is 1. The summed E-state index contributed by atoms with van der Waals surface area (Å²) in [4.78, 5) is 14.0. The van der Waals surface area contributed by atoms with E-state index in [0.717, 1.165) is 32.4 Å². The van der Waals surface area contributed by atoms with Gasteiger partial charge < -0.3 is 10.5 Å². The van der Waals surface area contributed by atoms with E-state index in [1.54, 1.807) is 0 Å². The fourth-order valence-corrected chi connectivity index (χ4v) is 2.15. The molecule has 0 spiro atoms. The number of likely N-dealkylation sites (tertiary alicyclic amines) is 1. The standard InChI is InChI=1S/C13H26N2O2/c1-4-17-12(16)11-6-5-8-15(11)9-7-13(2,3)10-14/h11H,4-10,14H2,1-3H3. The van der Waals surface area contributed by atoms with Crippen LogP contribution in [-0.2, 0) is 9.53 Å². The van der Waals surface area contributed by atoms with E-state index in [0.29, 0.717) is 13.2 Å². The van der Waals surface area contributed by atoms with Crippen LogP contribution in [0.2, 0.25) is 0 Å². The van der Waals surface area contributed by atoms with Gasteiger partial charge in [-0.2, -0.15) is 0 Å². The number of hydrogen-bond donors (Lipinski definition) is 1. The summed E-state index contributed by atoms with van der Waals surface area (Å²) in [5.74, 6) is -0.0597. The molecule has 4 heteroatoms. The average Bonchev–Trinajstić information content (AvgIpc) is 2.75. The molecular weight excluding hydrogens is 216 g/mol. The molecule has 1 fully saturated rings. The summed E-state index contributed by atoms with van der Waals surface area (Å²) in [6, 6.07) is -0.0245. The Morgan fingerprint density at radius 1 is 1.53 bits per heavy atom. The fraction of sp³-hybridized carbons (Fsp3) is 0.923. The lowest BCUT2D eigenvalue weighted by molar-refractivity contribution is -0.148. The van der Waals surface area contributed by atoms with Crippen LogP contribution in [0.5, 0.6) is 0 Å². The van der Waals surface area contributed by atoms with Gasteiger partial charge in [-0.05, 0) is 51.2 Å². The third-order valence-corrected chi connectivity index (χ3v) is 3.55. The highest BCUT2D eigenvalue weighted by molar-refractivity contribution is 5.76. The molecular formula is C13H26N2O2. The van der Waals surface area contributed by atoms with E-state index in [4.69, 9.17) is 10.5 Å². The van der Waals surface area contributed by atoms with Crippen molar-refractivity contribution in [1.82, 2.24) is 4.90 Å². The van der Waals surface area contributed by atoms with Crippen molar-refractivity contribution in [1.29, 1.82) is 0 Å². The lowest BCUT2D eigenvalue weighted by Crippen LogP contribution is -2.40. The van der Waals surface area contributed by atoms with Gasteiger partial charge in [-0.15, -0.1) is 0 Å². The number of nitrogens with two attached hydrogens (primary N) is 1. The van der Waals surface area contributed by atoms with Crippen LogP contribution in [0, 0.1) is 5.41 Å². The zero-order chi connectivity index (χ0) is 12.9. The Morgan fingerprint density at radius 3 is 2.82 bits per heavy atom. The van der Waals surface area contributed by atoms with Crippen molar-refractivity contribution in [3.05, 3.63) is 0 Å². The zero-order valence-electron chi connectivity index (χ0n) is 11.4. The van der Waals surface area contributed by atoms with E-state index < -0.39 is 0 Å². The highest BCUT2D eigenvalue weighted by Crippen LogP contribution is 2.23. The van der Waals surface area contributed by atoms with E-state index in [1.807, 2.05) is 6.92 Å². The van der Waals surface area contributed by atoms with Gasteiger partial charge in [0.25, 0.3) is 0 Å². The van der Waals surface area contributed by atoms with Crippen molar-refractivity contribution in [3.8, 4) is 0 Å². The van der Waals surface area contributed by atoms with E-state index in [1.165, 1.54) is 0 Å². The van der Waals surface area contributed by atoms with Crippen molar-refractivity contribution >= 4 is 5.97 Å². The molecule has 0 aromatic heterocycles. The maximum absolute atomic E-state index is 11.8. The van der Waals surface area contributed by atoms with Crippen LogP contribution < -0.4 is 5.73 Å². The molecule has 1 rings (SSSR count). The summed E-state index contributed by atoms with van der Waals surface area (Å²) in [6.07, 6.45) is 3.05. The van der Waals surface area contributed by atoms with Gasteiger partial charge in [0.2, 0.25) is 0 Å². The second kappa shape index (κ2) is 6.36. The molecule has 2 N–H and O–H groups in total. The summed E-state index contributed by atoms with van der Waals surface area (Å²) in [5, 5.41) is 0. The molecule has 0 saturated carbocycles. The lowest BCUT2D eigenvalue weighted by atomic mass is 9.89. The van der Waals surface area contributed by atoms with Crippen LogP contribution in [-0.4, -0.2) is 43.2 Å². The molecule has 0 aliphatic carbocycles. The maximum atomic E-state index is 11.8. The topological polar surface area (TPSA) is 55.6 Å². The minimum atomic E-state index is -0.0597. The molecule has 0 aromatic carbocycles. The van der Waals surface area contributed by atoms with Crippen molar-refractivity contribution in [2.24, 2.45) is 11.1 Å². The van der Waals surface area contributed by atoms with Crippen LogP contribution >= 0.6 is 0 Å². The van der Waals surface area contributed by atoms with Gasteiger partial charge in [0.05, 0.1) is 6.61 Å². The van der Waals surface area contributed by atoms with Crippen LogP contribution in [0.1, 0.15) is 40.0 Å². The molecule has 0 bridgehead atoms. The predicted molar refractivity (Wildman–Crippen MR) is 68.7 cm³/mol. The van der Waals surface area contributed by atoms with E-state index >= 15 is 0 Å². The van der Waals surface area contributed by atoms with Crippen LogP contribution in [0.4, 0.5) is 0 Å². The Morgan fingerprint density at radius 2 is 2.24 bits per heavy atom. The van der Waals surface area contributed by atoms with Gasteiger partial charge in [-0.3, -0.25) is 9.69 Å². The Labute approximate surface area is 104 Å². The fourth-order valence-electron chi connectivity index (χ4n) is 2.15. The van der Waals surface area contributed by atoms with Gasteiger partial charge in [0.1, 0.15) is 6.04 Å². The summed E-state index contributed by atoms with van der Waals surface area (Å²) >= 11 is 0. The molecule has 0 aromatic rings. The average molecular weight is 242 g/mol. The van der Waals surface area contributed by atoms with Gasteiger partial charge in [-0.25, -0.2) is 0 Å². The monoisotopic (exact) mass is 242 g/mol. The first-order chi connectivity index (χ1) is 8.00. The predicted octanol–water partition coefficient (Wildman–Crippen LogP) is 1.39. The first-order valence-electron chi connectivity index (χ1n) is 6.61. The smallest absolute Gasteiger partial charge is 0.323 e. The Hall–Kier alpha value is -0.610. The maximum Gasteiger partial charge on any atom is 0.323 e. The molecule has 1 atom stereocenters. The van der Waals surface area contributed by atoms with Crippen LogP contribution in [0.15, 0.2) is 0 Å². The van der Waals surface area contributed by atoms with Crippen LogP contribution in [0.25, 0.3) is 0 Å². The molecule has 1 aliphatic rings. The number of ether oxygens (including phenoxy) is 1. The number of hydrogen-bond acceptors (Lipinski definition) is 4. The number of esters is 1. The summed E-state index contributed by atoms with van der Waals surface area (Å²) in [7, 11) is 0. The molecule has 1 aliphatic heterocycles. The second-order valence-electron chi connectivity index (χ2n) is 5.56. The molecule has 0 amide bonds. The van der Waals surface area contributed by atoms with Crippen molar-refractivity contribution < 1.29 is 9.53 Å². The number of rotatable bonds is 6. The summed E-state index contributed by atoms with van der Waals surface area (Å²) < 4.78 is 5.11. The molecule has 1 unspecified atom stereocenters. The third kappa shape index (κ3) is 4.28. The molecule has 100 valence electrons. The normalized spacial score (nSPS) is 21.8. The minimum Gasteiger partial charge on any atom is -0.465 e. The highest BCUT2D eigenvalue weighted by Gasteiger charge is 2.32. The Kier molecular flexibility index (Phi) is 5.40. The van der Waals surface area contributed by atoms with Gasteiger partial charge in [0, 0.05) is 0 Å². The van der Waals surface area contributed by atoms with Gasteiger partial charge in [0.15, 0.2) is 0 Å². The molecule has 4 nitrogen and oxygen atoms in total. The lowest BCUT2D eigenvalue weighted by Gasteiger charge is -2.28. The second-order valence-corrected chi connectivity index (χ2v) is 5.56. The number of carbonyl (C=O) groups excluding carboxylic acids is 1. The molecule has 1 saturated heterocycles. The van der Waals surface area contributed by atoms with Crippen molar-refractivity contribution in [3.63, 3.8) is 0 Å². The van der Waals surface area contributed by atoms with E-state index in [2.05, 4.69) is 18.7 Å². The summed E-state index contributed by atoms with van der Waals surface area (Å²) in [6.45, 7) is 9.29. The quantitative estimate of drug-likeness (QED) is 0.715. The molecule has 1 heterocycles. The van der Waals surface area contributed by atoms with Crippen LogP contribution in [0.3, 0.4) is 0 Å². The van der Waals surface area contributed by atoms with Gasteiger partial charge >= 0.3 is 5.97 Å². The third-order valence-electron chi connectivity index (χ3n) is 3.55. The minimum absolute atomic E-state index is 0.0245. The SMILES string of the molecule is CCOC(=O)C1CCCN1CCC(C)(C)CN. The van der Waals surface area contributed by atoms with Crippen molar-refractivity contribution in [2.45, 2.75) is 46.1 Å². The Bertz CT molecular complexity index is 254. The van der Waals surface area contributed by atoms with E-state index in [-0.39, 0.29) is 17.4 Å². The number of nitrogens with zero attached hydrogens (tertiary/aromatic N) is 1. The largest absolute Gasteiger partial charge is 0.465 e. The summed E-state index contributed by atoms with van der Waals surface area (Å²) in [5.41, 5.74) is 5.88. The van der Waals surface area contributed by atoms with Gasteiger partial charge in [-0.1, -0.05) is 13.8 Å². The first-order valence-corrected chi connectivity index (χ1v) is 6.61. The van der Waals surface area contributed by atoms with Crippen molar-refractivity contribution in [2.75, 3.05) is 26.2 Å². The highest BCUT2D eigenvalue weighted by atomic mass is 16.5. The molecule has 17 heavy (non-hydrogen) atoms. The molecule has 0 radical (unpaired) electrons. The zero-order valence-corrected chi connectivity index (χ0v) is 11.4. The first kappa shape index (κ1) is 14.5. The Balaban J connectivity index is 2.44. The van der Waals surface area contributed by atoms with E-state index in [9.17, 15) is 4.79 Å².